The molecule has 3 aromatic carbocycles. The summed E-state index contributed by atoms with van der Waals surface area (Å²) in [5.41, 5.74) is -2.06. The monoisotopic (exact) mass is 653 g/mol. The summed E-state index contributed by atoms with van der Waals surface area (Å²) in [6.45, 7) is 3.71. The molecule has 0 bridgehead atoms. The number of fused-ring (bicyclic) bond motifs is 1. The minimum absolute atomic E-state index is 0.100. The van der Waals surface area contributed by atoms with Crippen molar-refractivity contribution >= 4 is 5.69 Å². The van der Waals surface area contributed by atoms with Gasteiger partial charge in [0.25, 0.3) is 0 Å². The van der Waals surface area contributed by atoms with Gasteiger partial charge in [0.15, 0.2) is 0 Å². The van der Waals surface area contributed by atoms with E-state index in [-0.39, 0.29) is 17.4 Å². The smallest absolute Gasteiger partial charge is 0.416 e. The molecule has 0 amide bonds. The average molecular weight is 654 g/mol. The second-order valence-electron chi connectivity index (χ2n) is 12.7. The molecule has 5 rings (SSSR count). The van der Waals surface area contributed by atoms with Gasteiger partial charge < -0.3 is 19.5 Å². The summed E-state index contributed by atoms with van der Waals surface area (Å²) in [6.07, 6.45) is -4.95. The molecule has 1 heterocycles. The van der Waals surface area contributed by atoms with Crippen molar-refractivity contribution in [1.29, 1.82) is 0 Å². The number of nitrogens with one attached hydrogen (secondary N) is 1. The van der Waals surface area contributed by atoms with E-state index < -0.39 is 47.9 Å². The summed E-state index contributed by atoms with van der Waals surface area (Å²) < 4.78 is 114. The van der Waals surface area contributed by atoms with Crippen molar-refractivity contribution in [2.24, 2.45) is 5.92 Å². The van der Waals surface area contributed by atoms with Crippen LogP contribution >= 0.6 is 0 Å². The van der Waals surface area contributed by atoms with Gasteiger partial charge in [-0.3, -0.25) is 0 Å². The fourth-order valence-electron chi connectivity index (χ4n) is 6.29. The number of anilines is 1. The lowest BCUT2D eigenvalue weighted by molar-refractivity contribution is -0.168. The largest absolute Gasteiger partial charge is 0.485 e. The minimum atomic E-state index is -4.97. The SMILES string of the molecule is CC1(C)Oc2ccc(NCc3cccc(F)c3)cc2C(OCCC2CCCCC2)C1OCc1cc(C(F)(F)F)cc(C(F)(F)F)c1. The Hall–Kier alpha value is -3.31. The summed E-state index contributed by atoms with van der Waals surface area (Å²) in [6, 6.07) is 13.1. The second-order valence-corrected chi connectivity index (χ2v) is 12.7. The van der Waals surface area contributed by atoms with E-state index >= 15 is 0 Å². The Bertz CT molecular complexity index is 1450. The Labute approximate surface area is 264 Å². The topological polar surface area (TPSA) is 39.7 Å². The van der Waals surface area contributed by atoms with Crippen LogP contribution in [0.25, 0.3) is 0 Å². The van der Waals surface area contributed by atoms with Crippen LogP contribution in [0.3, 0.4) is 0 Å². The molecule has 1 N–H and O–H groups in total. The fourth-order valence-corrected chi connectivity index (χ4v) is 6.29. The Balaban J connectivity index is 1.42. The summed E-state index contributed by atoms with van der Waals surface area (Å²) in [5.74, 6) is 0.697. The molecule has 11 heteroatoms. The third-order valence-corrected chi connectivity index (χ3v) is 8.66. The van der Waals surface area contributed by atoms with Gasteiger partial charge in [-0.15, -0.1) is 0 Å². The maximum atomic E-state index is 13.7. The van der Waals surface area contributed by atoms with Crippen LogP contribution in [-0.4, -0.2) is 18.3 Å². The second kappa shape index (κ2) is 13.8. The van der Waals surface area contributed by atoms with Gasteiger partial charge in [-0.05, 0) is 85.8 Å². The Kier molecular flexibility index (Phi) is 10.2. The molecule has 0 saturated heterocycles. The van der Waals surface area contributed by atoms with Gasteiger partial charge in [0.2, 0.25) is 0 Å². The van der Waals surface area contributed by atoms with E-state index in [1.54, 1.807) is 32.0 Å². The number of halogens is 7. The Morgan fingerprint density at radius 2 is 1.52 bits per heavy atom. The Morgan fingerprint density at radius 3 is 2.17 bits per heavy atom. The molecule has 250 valence electrons. The highest BCUT2D eigenvalue weighted by atomic mass is 19.4. The van der Waals surface area contributed by atoms with E-state index in [0.717, 1.165) is 24.8 Å². The van der Waals surface area contributed by atoms with Crippen LogP contribution in [0.1, 0.15) is 86.3 Å². The van der Waals surface area contributed by atoms with Crippen molar-refractivity contribution in [2.45, 2.75) is 95.7 Å². The molecule has 3 aromatic rings. The van der Waals surface area contributed by atoms with Crippen molar-refractivity contribution in [3.63, 3.8) is 0 Å². The normalized spacial score (nSPS) is 20.2. The van der Waals surface area contributed by atoms with Crippen LogP contribution < -0.4 is 10.1 Å². The first kappa shape index (κ1) is 34.0. The fraction of sp³-hybridized carbons (Fsp3) is 0.486. The molecule has 1 aliphatic carbocycles. The number of ether oxygens (including phenoxy) is 3. The summed E-state index contributed by atoms with van der Waals surface area (Å²) in [7, 11) is 0. The van der Waals surface area contributed by atoms with Crippen LogP contribution in [0.2, 0.25) is 0 Å². The predicted octanol–water partition coefficient (Wildman–Crippen LogP) is 10.3. The first-order valence-corrected chi connectivity index (χ1v) is 15.5. The molecule has 1 saturated carbocycles. The van der Waals surface area contributed by atoms with E-state index in [4.69, 9.17) is 14.2 Å². The lowest BCUT2D eigenvalue weighted by atomic mass is 9.86. The maximum Gasteiger partial charge on any atom is 0.416 e. The molecule has 1 aliphatic heterocycles. The highest BCUT2D eigenvalue weighted by Crippen LogP contribution is 2.45. The van der Waals surface area contributed by atoms with Gasteiger partial charge >= 0.3 is 12.4 Å². The number of hydrogen-bond donors (Lipinski definition) is 1. The number of benzene rings is 3. The van der Waals surface area contributed by atoms with Crippen molar-refractivity contribution in [1.82, 2.24) is 0 Å². The van der Waals surface area contributed by atoms with Gasteiger partial charge in [-0.2, -0.15) is 26.3 Å². The van der Waals surface area contributed by atoms with E-state index in [1.165, 1.54) is 31.4 Å². The molecule has 1 fully saturated rings. The van der Waals surface area contributed by atoms with Crippen molar-refractivity contribution in [3.05, 3.63) is 94.3 Å². The molecule has 0 spiro atoms. The molecule has 46 heavy (non-hydrogen) atoms. The van der Waals surface area contributed by atoms with Crippen LogP contribution in [0.5, 0.6) is 5.75 Å². The van der Waals surface area contributed by atoms with Crippen LogP contribution in [0.4, 0.5) is 36.4 Å². The summed E-state index contributed by atoms with van der Waals surface area (Å²) in [5, 5.41) is 3.27. The van der Waals surface area contributed by atoms with E-state index in [2.05, 4.69) is 5.32 Å². The maximum absolute atomic E-state index is 13.7. The van der Waals surface area contributed by atoms with Crippen molar-refractivity contribution in [2.75, 3.05) is 11.9 Å². The molecular formula is C35H38F7NO3. The molecular weight excluding hydrogens is 615 g/mol. The number of alkyl halides is 6. The molecule has 0 radical (unpaired) electrons. The molecule has 4 nitrogen and oxygen atoms in total. The molecule has 2 aliphatic rings. The average Bonchev–Trinajstić information content (AvgIpc) is 2.99. The lowest BCUT2D eigenvalue weighted by Gasteiger charge is -2.44. The van der Waals surface area contributed by atoms with Crippen LogP contribution in [0.15, 0.2) is 60.7 Å². The van der Waals surface area contributed by atoms with Crippen molar-refractivity contribution < 1.29 is 44.9 Å². The van der Waals surface area contributed by atoms with Gasteiger partial charge in [0.05, 0.1) is 17.7 Å². The van der Waals surface area contributed by atoms with Crippen molar-refractivity contribution in [3.8, 4) is 5.75 Å². The zero-order valence-corrected chi connectivity index (χ0v) is 25.7. The van der Waals surface area contributed by atoms with E-state index in [0.29, 0.717) is 48.2 Å². The zero-order valence-electron chi connectivity index (χ0n) is 25.7. The Morgan fingerprint density at radius 1 is 0.826 bits per heavy atom. The van der Waals surface area contributed by atoms with Gasteiger partial charge in [-0.1, -0.05) is 44.2 Å². The predicted molar refractivity (Wildman–Crippen MR) is 160 cm³/mol. The van der Waals surface area contributed by atoms with E-state index in [1.807, 2.05) is 12.1 Å². The summed E-state index contributed by atoms with van der Waals surface area (Å²) >= 11 is 0. The highest BCUT2D eigenvalue weighted by Gasteiger charge is 2.46. The number of hydrogen-bond acceptors (Lipinski definition) is 4. The quantitative estimate of drug-likeness (QED) is 0.221. The third-order valence-electron chi connectivity index (χ3n) is 8.66. The van der Waals surface area contributed by atoms with Crippen LogP contribution in [0, 0.1) is 11.7 Å². The van der Waals surface area contributed by atoms with Gasteiger partial charge in [0.1, 0.15) is 29.4 Å². The standard InChI is InChI=1S/C35H38F7NO3/c1-33(2)32(45-21-24-15-25(34(37,38)39)18-26(16-24)35(40,41)42)31(44-14-13-22-7-4-3-5-8-22)29-19-28(11-12-30(29)46-33)43-20-23-9-6-10-27(36)17-23/h6,9-12,15-19,22,31-32,43H,3-5,7-8,13-14,20-21H2,1-2H3. The first-order chi connectivity index (χ1) is 21.7. The molecule has 0 aromatic heterocycles. The summed E-state index contributed by atoms with van der Waals surface area (Å²) in [4.78, 5) is 0. The third kappa shape index (κ3) is 8.53. The van der Waals surface area contributed by atoms with Gasteiger partial charge in [0, 0.05) is 24.4 Å². The van der Waals surface area contributed by atoms with E-state index in [9.17, 15) is 30.7 Å². The lowest BCUT2D eigenvalue weighted by Crippen LogP contribution is -2.51. The van der Waals surface area contributed by atoms with Gasteiger partial charge in [-0.25, -0.2) is 4.39 Å². The zero-order chi connectivity index (χ0) is 33.1. The molecule has 2 atom stereocenters. The highest BCUT2D eigenvalue weighted by molar-refractivity contribution is 5.54. The minimum Gasteiger partial charge on any atom is -0.485 e. The van der Waals surface area contributed by atoms with Crippen LogP contribution in [-0.2, 0) is 35.0 Å². The number of rotatable bonds is 10. The molecule has 2 unspecified atom stereocenters. The first-order valence-electron chi connectivity index (χ1n) is 15.5.